The third-order valence-electron chi connectivity index (χ3n) is 2.10. The Labute approximate surface area is 89.6 Å². The average Bonchev–Trinajstić information content (AvgIpc) is 2.49. The van der Waals surface area contributed by atoms with E-state index in [2.05, 4.69) is 36.3 Å². The van der Waals surface area contributed by atoms with E-state index in [0.717, 1.165) is 12.2 Å². The van der Waals surface area contributed by atoms with E-state index in [1.165, 1.54) is 0 Å². The number of alkyl halides is 1. The molecule has 0 N–H and O–H groups in total. The lowest BCUT2D eigenvalue weighted by Gasteiger charge is -2.15. The highest BCUT2D eigenvalue weighted by atomic mass is 35.5. The summed E-state index contributed by atoms with van der Waals surface area (Å²) in [6.07, 6.45) is 1.06. The Bertz CT molecular complexity index is 282. The van der Waals surface area contributed by atoms with Gasteiger partial charge in [0.05, 0.1) is 11.4 Å². The molecule has 0 aliphatic carbocycles. The Morgan fingerprint density at radius 2 is 1.93 bits per heavy atom. The molecule has 1 rings (SSSR count). The fraction of sp³-hybridized carbons (Fsp3) is 0.889. The highest BCUT2D eigenvalue weighted by Gasteiger charge is 2.17. The molecule has 0 aromatic carbocycles. The van der Waals surface area contributed by atoms with Crippen molar-refractivity contribution in [3.8, 4) is 0 Å². The molecule has 14 heavy (non-hydrogen) atoms. The summed E-state index contributed by atoms with van der Waals surface area (Å²) in [6.45, 7) is 8.36. The fourth-order valence-electron chi connectivity index (χ4n) is 1.56. The maximum atomic E-state index is 5.97. The van der Waals surface area contributed by atoms with Gasteiger partial charge in [0.25, 0.3) is 0 Å². The first-order valence-corrected chi connectivity index (χ1v) is 5.37. The predicted octanol–water partition coefficient (Wildman–Crippen LogP) is 2.58. The van der Waals surface area contributed by atoms with Gasteiger partial charge in [-0.25, -0.2) is 4.68 Å². The van der Waals surface area contributed by atoms with E-state index in [9.17, 15) is 0 Å². The van der Waals surface area contributed by atoms with Gasteiger partial charge in [-0.3, -0.25) is 0 Å². The average molecular weight is 217 g/mol. The van der Waals surface area contributed by atoms with Gasteiger partial charge < -0.3 is 0 Å². The third kappa shape index (κ3) is 2.67. The molecule has 2 unspecified atom stereocenters. The Balaban J connectivity index is 2.78. The monoisotopic (exact) mass is 216 g/mol. The number of hydrogen-bond donors (Lipinski definition) is 0. The molecule has 1 heterocycles. The predicted molar refractivity (Wildman–Crippen MR) is 56.3 cm³/mol. The van der Waals surface area contributed by atoms with Gasteiger partial charge in [-0.05, 0) is 36.6 Å². The molecule has 0 amide bonds. The zero-order valence-corrected chi connectivity index (χ0v) is 9.86. The summed E-state index contributed by atoms with van der Waals surface area (Å²) in [7, 11) is 0. The molecule has 0 saturated carbocycles. The number of tetrazole rings is 1. The van der Waals surface area contributed by atoms with Crippen molar-refractivity contribution in [2.24, 2.45) is 5.92 Å². The Morgan fingerprint density at radius 3 is 2.43 bits per heavy atom. The molecule has 0 aliphatic heterocycles. The lowest BCUT2D eigenvalue weighted by Crippen LogP contribution is -2.13. The maximum absolute atomic E-state index is 5.97. The molecule has 1 aromatic heterocycles. The zero-order chi connectivity index (χ0) is 10.7. The maximum Gasteiger partial charge on any atom is 0.169 e. The lowest BCUT2D eigenvalue weighted by molar-refractivity contribution is 0.381. The van der Waals surface area contributed by atoms with Crippen LogP contribution in [0.3, 0.4) is 0 Å². The molecule has 80 valence electrons. The van der Waals surface area contributed by atoms with Gasteiger partial charge in [0.15, 0.2) is 5.82 Å². The number of aromatic nitrogens is 4. The molecular weight excluding hydrogens is 200 g/mol. The molecule has 0 radical (unpaired) electrons. The molecule has 2 atom stereocenters. The minimum atomic E-state index is -0.139. The van der Waals surface area contributed by atoms with Crippen LogP contribution in [0.1, 0.15) is 51.4 Å². The summed E-state index contributed by atoms with van der Waals surface area (Å²) in [6, 6.07) is 0.307. The van der Waals surface area contributed by atoms with Crippen LogP contribution < -0.4 is 0 Å². The van der Waals surface area contributed by atoms with Gasteiger partial charge in [-0.15, -0.1) is 16.7 Å². The molecular formula is C9H17ClN4. The van der Waals surface area contributed by atoms with Crippen LogP contribution >= 0.6 is 11.6 Å². The van der Waals surface area contributed by atoms with E-state index >= 15 is 0 Å². The van der Waals surface area contributed by atoms with Crippen molar-refractivity contribution in [2.75, 3.05) is 0 Å². The van der Waals surface area contributed by atoms with E-state index in [1.54, 1.807) is 0 Å². The number of nitrogens with zero attached hydrogens (tertiary/aromatic N) is 4. The highest BCUT2D eigenvalue weighted by molar-refractivity contribution is 6.20. The molecule has 0 saturated heterocycles. The van der Waals surface area contributed by atoms with Gasteiger partial charge in [-0.1, -0.05) is 13.8 Å². The van der Waals surface area contributed by atoms with Crippen molar-refractivity contribution in [2.45, 2.75) is 45.5 Å². The summed E-state index contributed by atoms with van der Waals surface area (Å²) >= 11 is 5.97. The van der Waals surface area contributed by atoms with Crippen molar-refractivity contribution in [1.29, 1.82) is 0 Å². The van der Waals surface area contributed by atoms with Crippen molar-refractivity contribution < 1.29 is 0 Å². The lowest BCUT2D eigenvalue weighted by atomic mass is 10.1. The van der Waals surface area contributed by atoms with Crippen LogP contribution in [0.25, 0.3) is 0 Å². The van der Waals surface area contributed by atoms with Crippen LogP contribution in [0.4, 0.5) is 0 Å². The first-order valence-electron chi connectivity index (χ1n) is 4.94. The number of rotatable bonds is 4. The Hall–Kier alpha value is -0.640. The van der Waals surface area contributed by atoms with Crippen molar-refractivity contribution in [3.05, 3.63) is 5.82 Å². The van der Waals surface area contributed by atoms with E-state index in [0.29, 0.717) is 12.0 Å². The highest BCUT2D eigenvalue weighted by Crippen LogP contribution is 2.22. The van der Waals surface area contributed by atoms with Gasteiger partial charge >= 0.3 is 0 Å². The van der Waals surface area contributed by atoms with Crippen molar-refractivity contribution >= 4 is 11.6 Å². The van der Waals surface area contributed by atoms with E-state index in [1.807, 2.05) is 11.6 Å². The number of hydrogen-bond acceptors (Lipinski definition) is 3. The fourth-order valence-corrected chi connectivity index (χ4v) is 1.70. The second-order valence-corrected chi connectivity index (χ2v) is 4.73. The molecule has 0 bridgehead atoms. The number of halogens is 1. The third-order valence-corrected chi connectivity index (χ3v) is 2.30. The minimum Gasteiger partial charge on any atom is -0.225 e. The largest absolute Gasteiger partial charge is 0.225 e. The molecule has 0 spiro atoms. The van der Waals surface area contributed by atoms with Crippen LogP contribution in [0.15, 0.2) is 0 Å². The molecule has 4 nitrogen and oxygen atoms in total. The summed E-state index contributed by atoms with van der Waals surface area (Å²) in [5, 5.41) is 11.4. The second-order valence-electron chi connectivity index (χ2n) is 4.08. The van der Waals surface area contributed by atoms with Crippen LogP contribution in [-0.4, -0.2) is 20.2 Å². The normalized spacial score (nSPS) is 15.9. The first-order chi connectivity index (χ1) is 6.52. The van der Waals surface area contributed by atoms with Gasteiger partial charge in [0.2, 0.25) is 0 Å². The van der Waals surface area contributed by atoms with Crippen LogP contribution in [0.5, 0.6) is 0 Å². The molecule has 0 fully saturated rings. The standard InChI is InChI=1S/C9H17ClN4/c1-6(2)5-7(3)14-9(8(4)10)11-12-13-14/h6-8H,5H2,1-4H3. The quantitative estimate of drug-likeness (QED) is 0.727. The molecule has 0 aliphatic rings. The van der Waals surface area contributed by atoms with Gasteiger partial charge in [0, 0.05) is 0 Å². The summed E-state index contributed by atoms with van der Waals surface area (Å²) in [5.41, 5.74) is 0. The van der Waals surface area contributed by atoms with Crippen molar-refractivity contribution in [1.82, 2.24) is 20.2 Å². The van der Waals surface area contributed by atoms with E-state index in [4.69, 9.17) is 11.6 Å². The molecule has 5 heteroatoms. The Kier molecular flexibility index (Phi) is 3.86. The Morgan fingerprint density at radius 1 is 1.29 bits per heavy atom. The van der Waals surface area contributed by atoms with Crippen molar-refractivity contribution in [3.63, 3.8) is 0 Å². The van der Waals surface area contributed by atoms with E-state index in [-0.39, 0.29) is 5.38 Å². The zero-order valence-electron chi connectivity index (χ0n) is 9.11. The SMILES string of the molecule is CC(C)CC(C)n1nnnc1C(C)Cl. The topological polar surface area (TPSA) is 43.6 Å². The second kappa shape index (κ2) is 4.73. The smallest absolute Gasteiger partial charge is 0.169 e. The van der Waals surface area contributed by atoms with Crippen LogP contribution in [0, 0.1) is 5.92 Å². The summed E-state index contributed by atoms with van der Waals surface area (Å²) < 4.78 is 1.82. The van der Waals surface area contributed by atoms with Gasteiger partial charge in [-0.2, -0.15) is 0 Å². The molecule has 1 aromatic rings. The van der Waals surface area contributed by atoms with Crippen LogP contribution in [0.2, 0.25) is 0 Å². The first kappa shape index (κ1) is 11.4. The van der Waals surface area contributed by atoms with Crippen LogP contribution in [-0.2, 0) is 0 Å². The summed E-state index contributed by atoms with van der Waals surface area (Å²) in [5.74, 6) is 1.38. The summed E-state index contributed by atoms with van der Waals surface area (Å²) in [4.78, 5) is 0. The minimum absolute atomic E-state index is 0.139. The van der Waals surface area contributed by atoms with Gasteiger partial charge in [0.1, 0.15) is 0 Å². The van der Waals surface area contributed by atoms with E-state index < -0.39 is 0 Å².